The second kappa shape index (κ2) is 7.74. The summed E-state index contributed by atoms with van der Waals surface area (Å²) in [5.74, 6) is 2.81. The highest BCUT2D eigenvalue weighted by Gasteiger charge is 2.40. The predicted octanol–water partition coefficient (Wildman–Crippen LogP) is 3.41. The predicted molar refractivity (Wildman–Crippen MR) is 110 cm³/mol. The molecular formula is C23H28N2O3. The Morgan fingerprint density at radius 3 is 2.61 bits per heavy atom. The number of anilines is 1. The minimum Gasteiger partial charge on any atom is -0.493 e. The molecule has 148 valence electrons. The van der Waals surface area contributed by atoms with Gasteiger partial charge in [-0.15, -0.1) is 0 Å². The van der Waals surface area contributed by atoms with Crippen LogP contribution in [0.15, 0.2) is 36.4 Å². The van der Waals surface area contributed by atoms with E-state index in [0.29, 0.717) is 18.3 Å². The quantitative estimate of drug-likeness (QED) is 0.808. The van der Waals surface area contributed by atoms with Crippen molar-refractivity contribution >= 4 is 11.6 Å². The van der Waals surface area contributed by atoms with Crippen molar-refractivity contribution in [2.45, 2.75) is 31.6 Å². The van der Waals surface area contributed by atoms with E-state index in [1.54, 1.807) is 14.2 Å². The van der Waals surface area contributed by atoms with Crippen molar-refractivity contribution in [3.8, 4) is 11.5 Å². The van der Waals surface area contributed by atoms with Gasteiger partial charge in [-0.1, -0.05) is 18.2 Å². The molecule has 1 amide bonds. The number of rotatable bonds is 5. The monoisotopic (exact) mass is 380 g/mol. The third kappa shape index (κ3) is 3.41. The molecule has 0 radical (unpaired) electrons. The number of ether oxygens (including phenoxy) is 2. The van der Waals surface area contributed by atoms with Crippen molar-refractivity contribution in [2.24, 2.45) is 5.92 Å². The molecule has 0 bridgehead atoms. The minimum atomic E-state index is 0.244. The number of nitrogens with two attached hydrogens (primary N) is 1. The van der Waals surface area contributed by atoms with Gasteiger partial charge >= 0.3 is 0 Å². The van der Waals surface area contributed by atoms with Crippen molar-refractivity contribution in [1.82, 2.24) is 4.90 Å². The maximum Gasteiger partial charge on any atom is 0.222 e. The fourth-order valence-electron chi connectivity index (χ4n) is 4.75. The topological polar surface area (TPSA) is 64.8 Å². The number of fused-ring (bicyclic) bond motifs is 3. The first-order valence-corrected chi connectivity index (χ1v) is 9.96. The van der Waals surface area contributed by atoms with Crippen LogP contribution in [0.1, 0.15) is 35.4 Å². The van der Waals surface area contributed by atoms with E-state index in [1.807, 2.05) is 30.3 Å². The van der Waals surface area contributed by atoms with Crippen molar-refractivity contribution in [3.63, 3.8) is 0 Å². The molecule has 2 unspecified atom stereocenters. The Bertz CT molecular complexity index is 863. The summed E-state index contributed by atoms with van der Waals surface area (Å²) in [6.45, 7) is 1.66. The molecule has 4 rings (SSSR count). The number of benzene rings is 2. The second-order valence-corrected chi connectivity index (χ2v) is 7.81. The lowest BCUT2D eigenvalue weighted by Crippen LogP contribution is -2.29. The Labute approximate surface area is 166 Å². The molecule has 1 heterocycles. The Balaban J connectivity index is 1.45. The molecule has 2 atom stereocenters. The maximum absolute atomic E-state index is 12.8. The van der Waals surface area contributed by atoms with Gasteiger partial charge in [0.25, 0.3) is 0 Å². The lowest BCUT2D eigenvalue weighted by Gasteiger charge is -2.29. The van der Waals surface area contributed by atoms with Gasteiger partial charge < -0.3 is 20.1 Å². The average Bonchev–Trinajstić information content (AvgIpc) is 3.17. The van der Waals surface area contributed by atoms with Gasteiger partial charge in [-0.05, 0) is 54.5 Å². The third-order valence-electron chi connectivity index (χ3n) is 6.25. The van der Waals surface area contributed by atoms with E-state index in [0.717, 1.165) is 55.1 Å². The van der Waals surface area contributed by atoms with Crippen molar-refractivity contribution in [1.29, 1.82) is 0 Å². The Hall–Kier alpha value is -2.69. The molecule has 0 saturated carbocycles. The van der Waals surface area contributed by atoms with E-state index in [2.05, 4.69) is 11.0 Å². The number of hydrogen-bond acceptors (Lipinski definition) is 4. The zero-order chi connectivity index (χ0) is 19.7. The lowest BCUT2D eigenvalue weighted by molar-refractivity contribution is -0.130. The molecule has 1 fully saturated rings. The number of nitrogens with zero attached hydrogens (tertiary/aromatic N) is 1. The van der Waals surface area contributed by atoms with Gasteiger partial charge in [0.05, 0.1) is 14.2 Å². The smallest absolute Gasteiger partial charge is 0.222 e. The number of nitrogen functional groups attached to an aromatic ring is 1. The summed E-state index contributed by atoms with van der Waals surface area (Å²) < 4.78 is 11.1. The normalized spacial score (nSPS) is 20.4. The first kappa shape index (κ1) is 18.7. The van der Waals surface area contributed by atoms with Crippen LogP contribution in [-0.4, -0.2) is 38.1 Å². The highest BCUT2D eigenvalue weighted by molar-refractivity contribution is 5.77. The molecule has 0 spiro atoms. The number of amides is 1. The average molecular weight is 380 g/mol. The van der Waals surface area contributed by atoms with E-state index >= 15 is 0 Å². The summed E-state index contributed by atoms with van der Waals surface area (Å²) >= 11 is 0. The van der Waals surface area contributed by atoms with Crippen LogP contribution in [0.4, 0.5) is 5.69 Å². The fraction of sp³-hybridized carbons (Fsp3) is 0.435. The van der Waals surface area contributed by atoms with Crippen LogP contribution in [0.3, 0.4) is 0 Å². The van der Waals surface area contributed by atoms with Crippen molar-refractivity contribution in [2.75, 3.05) is 33.0 Å². The number of aryl methyl sites for hydroxylation is 1. The first-order chi connectivity index (χ1) is 13.6. The zero-order valence-electron chi connectivity index (χ0n) is 16.6. The lowest BCUT2D eigenvalue weighted by atomic mass is 9.76. The fourth-order valence-corrected chi connectivity index (χ4v) is 4.75. The summed E-state index contributed by atoms with van der Waals surface area (Å²) in [5, 5.41) is 0. The standard InChI is InChI=1S/C23H28N2O3/c1-27-21-11-10-18-19(23(21)28-2)9-6-16-13-25(14-20(16)18)22(26)12-5-15-3-7-17(24)8-4-15/h3-4,7-8,10-11,16,20H,5-6,9,12-14,24H2,1-2H3. The van der Waals surface area contributed by atoms with E-state index in [-0.39, 0.29) is 5.91 Å². The van der Waals surface area contributed by atoms with Crippen LogP contribution in [0.2, 0.25) is 0 Å². The summed E-state index contributed by atoms with van der Waals surface area (Å²) in [4.78, 5) is 14.9. The van der Waals surface area contributed by atoms with Crippen LogP contribution >= 0.6 is 0 Å². The Kier molecular flexibility index (Phi) is 5.16. The van der Waals surface area contributed by atoms with Crippen LogP contribution in [0, 0.1) is 5.92 Å². The SMILES string of the molecule is COc1ccc2c(c1OC)CCC1CN(C(=O)CCc3ccc(N)cc3)CC21. The largest absolute Gasteiger partial charge is 0.493 e. The summed E-state index contributed by atoms with van der Waals surface area (Å²) in [5.41, 5.74) is 10.2. The van der Waals surface area contributed by atoms with E-state index in [9.17, 15) is 4.79 Å². The molecule has 2 aromatic carbocycles. The Morgan fingerprint density at radius 1 is 1.11 bits per heavy atom. The van der Waals surface area contributed by atoms with Gasteiger partial charge in [-0.25, -0.2) is 0 Å². The van der Waals surface area contributed by atoms with Crippen molar-refractivity contribution in [3.05, 3.63) is 53.1 Å². The summed E-state index contributed by atoms with van der Waals surface area (Å²) in [6, 6.07) is 11.9. The summed E-state index contributed by atoms with van der Waals surface area (Å²) in [7, 11) is 3.37. The molecule has 1 aliphatic carbocycles. The van der Waals surface area contributed by atoms with E-state index in [1.165, 1.54) is 11.1 Å². The molecule has 2 aliphatic rings. The number of likely N-dealkylation sites (tertiary alicyclic amines) is 1. The van der Waals surface area contributed by atoms with E-state index in [4.69, 9.17) is 15.2 Å². The molecule has 5 heteroatoms. The molecular weight excluding hydrogens is 352 g/mol. The van der Waals surface area contributed by atoms with Gasteiger partial charge in [0.1, 0.15) is 0 Å². The highest BCUT2D eigenvalue weighted by Crippen LogP contribution is 2.47. The molecule has 1 aliphatic heterocycles. The molecule has 5 nitrogen and oxygen atoms in total. The second-order valence-electron chi connectivity index (χ2n) is 7.81. The van der Waals surface area contributed by atoms with Crippen LogP contribution in [-0.2, 0) is 17.6 Å². The molecule has 0 aromatic heterocycles. The minimum absolute atomic E-state index is 0.244. The van der Waals surface area contributed by atoms with Crippen LogP contribution in [0.5, 0.6) is 11.5 Å². The third-order valence-corrected chi connectivity index (χ3v) is 6.25. The number of hydrogen-bond donors (Lipinski definition) is 1. The molecule has 28 heavy (non-hydrogen) atoms. The number of carbonyl (C=O) groups is 1. The molecule has 1 saturated heterocycles. The van der Waals surface area contributed by atoms with Gasteiger partial charge in [0, 0.05) is 36.7 Å². The van der Waals surface area contributed by atoms with Crippen LogP contribution < -0.4 is 15.2 Å². The van der Waals surface area contributed by atoms with Crippen molar-refractivity contribution < 1.29 is 14.3 Å². The van der Waals surface area contributed by atoms with E-state index < -0.39 is 0 Å². The van der Waals surface area contributed by atoms with Gasteiger partial charge in [0.2, 0.25) is 5.91 Å². The van der Waals surface area contributed by atoms with Gasteiger partial charge in [-0.2, -0.15) is 0 Å². The number of methoxy groups -OCH3 is 2. The Morgan fingerprint density at radius 2 is 1.89 bits per heavy atom. The molecule has 2 aromatic rings. The molecule has 2 N–H and O–H groups in total. The highest BCUT2D eigenvalue weighted by atomic mass is 16.5. The first-order valence-electron chi connectivity index (χ1n) is 9.96. The van der Waals surface area contributed by atoms with Gasteiger partial charge in [-0.3, -0.25) is 4.79 Å². The van der Waals surface area contributed by atoms with Crippen LogP contribution in [0.25, 0.3) is 0 Å². The van der Waals surface area contributed by atoms with Gasteiger partial charge in [0.15, 0.2) is 11.5 Å². The summed E-state index contributed by atoms with van der Waals surface area (Å²) in [6.07, 6.45) is 3.36. The maximum atomic E-state index is 12.8. The zero-order valence-corrected chi connectivity index (χ0v) is 16.6. The number of carbonyl (C=O) groups excluding carboxylic acids is 1.